The summed E-state index contributed by atoms with van der Waals surface area (Å²) in [5.74, 6) is 4.19. The van der Waals surface area contributed by atoms with Gasteiger partial charge in [-0.3, -0.25) is 14.5 Å². The molecule has 360 valence electrons. The van der Waals surface area contributed by atoms with Crippen LogP contribution < -0.4 is 18.9 Å². The summed E-state index contributed by atoms with van der Waals surface area (Å²) in [6.45, 7) is 8.36. The number of Topliss-reactive ketones (excluding diaryl/α,β-unsaturated/α-hetero) is 1. The number of ketones is 1. The van der Waals surface area contributed by atoms with Gasteiger partial charge in [-0.2, -0.15) is 0 Å². The minimum atomic E-state index is -1.12. The number of carbonyl (C=O) groups excluding carboxylic acids is 2. The van der Waals surface area contributed by atoms with E-state index >= 15 is 0 Å². The molecule has 7 aromatic rings. The molecule has 69 heavy (non-hydrogen) atoms. The van der Waals surface area contributed by atoms with Crippen LogP contribution in [0.1, 0.15) is 97.2 Å². The SMILES string of the molecule is CCCCC(=O)c1ccc(OCCc2nc(-c3ccccc3)oc2C)cc1.CCCCC(c1ccc(OCCc2nc(-c3ccccc3)oc2C)cc1)N(CC(=O)O)C(=O)Oc1ccc(OC)cc1. The highest BCUT2D eigenvalue weighted by atomic mass is 16.6. The van der Waals surface area contributed by atoms with Crippen LogP contribution in [0.3, 0.4) is 0 Å². The van der Waals surface area contributed by atoms with Crippen molar-refractivity contribution < 1.29 is 47.3 Å². The number of ether oxygens (including phenoxy) is 4. The molecule has 0 bridgehead atoms. The molecular formula is C56H61N3O10. The van der Waals surface area contributed by atoms with Gasteiger partial charge in [-0.05, 0) is 117 Å². The maximum absolute atomic E-state index is 13.2. The van der Waals surface area contributed by atoms with Crippen molar-refractivity contribution in [2.75, 3.05) is 26.9 Å². The monoisotopic (exact) mass is 935 g/mol. The third-order valence-corrected chi connectivity index (χ3v) is 11.3. The second-order valence-electron chi connectivity index (χ2n) is 16.3. The van der Waals surface area contributed by atoms with Gasteiger partial charge in [-0.1, -0.05) is 81.6 Å². The zero-order chi connectivity index (χ0) is 49.0. The number of unbranched alkanes of at least 4 members (excludes halogenated alkanes) is 2. The van der Waals surface area contributed by atoms with Crippen LogP contribution in [-0.2, 0) is 17.6 Å². The number of nitrogens with zero attached hydrogens (tertiary/aromatic N) is 3. The molecule has 0 aliphatic carbocycles. The second-order valence-corrected chi connectivity index (χ2v) is 16.3. The first kappa shape index (κ1) is 50.7. The highest BCUT2D eigenvalue weighted by molar-refractivity contribution is 5.96. The van der Waals surface area contributed by atoms with E-state index in [1.807, 2.05) is 130 Å². The Morgan fingerprint density at radius 2 is 1.10 bits per heavy atom. The van der Waals surface area contributed by atoms with E-state index in [1.165, 1.54) is 4.90 Å². The standard InChI is InChI=1S/C33H36N2O7.C23H25NO3/c1-4-5-11-30(35(22-31(36)37)33(38)42-28-18-16-26(39-3)17-19-28)24-12-14-27(15-13-24)40-21-20-29-23(2)41-32(34-29)25-9-7-6-8-10-25;1-3-4-10-22(25)18-11-13-20(14-12-18)26-16-15-21-17(2)27-23(24-21)19-8-6-5-7-9-19/h6-10,12-19,30H,4-5,11,20-22H2,1-3H3,(H,36,37);5-9,11-14H,3-4,10,15-16H2,1-2H3. The van der Waals surface area contributed by atoms with Crippen LogP contribution in [0, 0.1) is 13.8 Å². The summed E-state index contributed by atoms with van der Waals surface area (Å²) in [5.41, 5.74) is 5.17. The van der Waals surface area contributed by atoms with E-state index in [1.54, 1.807) is 31.4 Å². The number of aromatic nitrogens is 2. The maximum atomic E-state index is 13.2. The van der Waals surface area contributed by atoms with Crippen LogP contribution in [0.5, 0.6) is 23.0 Å². The smallest absolute Gasteiger partial charge is 0.416 e. The minimum Gasteiger partial charge on any atom is -0.497 e. The molecule has 0 radical (unpaired) electrons. The number of rotatable bonds is 23. The van der Waals surface area contributed by atoms with E-state index in [0.717, 1.165) is 76.6 Å². The molecule has 13 heteroatoms. The fourth-order valence-electron chi connectivity index (χ4n) is 7.42. The highest BCUT2D eigenvalue weighted by Crippen LogP contribution is 2.30. The first-order valence-corrected chi connectivity index (χ1v) is 23.4. The number of hydrogen-bond acceptors (Lipinski definition) is 11. The number of oxazole rings is 2. The van der Waals surface area contributed by atoms with Crippen LogP contribution in [0.4, 0.5) is 4.79 Å². The Kier molecular flexibility index (Phi) is 19.1. The lowest BCUT2D eigenvalue weighted by Gasteiger charge is -2.30. The van der Waals surface area contributed by atoms with Crippen molar-refractivity contribution in [1.82, 2.24) is 14.9 Å². The average Bonchev–Trinajstić information content (AvgIpc) is 3.94. The number of methoxy groups -OCH3 is 1. The molecule has 5 aromatic carbocycles. The molecule has 1 unspecified atom stereocenters. The van der Waals surface area contributed by atoms with E-state index in [0.29, 0.717) is 67.9 Å². The van der Waals surface area contributed by atoms with Gasteiger partial charge >= 0.3 is 12.1 Å². The van der Waals surface area contributed by atoms with Crippen molar-refractivity contribution >= 4 is 17.8 Å². The first-order chi connectivity index (χ1) is 33.5. The van der Waals surface area contributed by atoms with Crippen molar-refractivity contribution in [3.05, 3.63) is 167 Å². The van der Waals surface area contributed by atoms with Gasteiger partial charge in [-0.15, -0.1) is 0 Å². The summed E-state index contributed by atoms with van der Waals surface area (Å²) in [4.78, 5) is 47.5. The summed E-state index contributed by atoms with van der Waals surface area (Å²) >= 11 is 0. The van der Waals surface area contributed by atoms with Crippen LogP contribution in [0.15, 0.2) is 142 Å². The maximum Gasteiger partial charge on any atom is 0.416 e. The van der Waals surface area contributed by atoms with Crippen molar-refractivity contribution in [2.24, 2.45) is 0 Å². The molecule has 1 amide bonds. The molecule has 1 N–H and O–H groups in total. The number of carboxylic acids is 1. The van der Waals surface area contributed by atoms with Crippen molar-refractivity contribution in [3.8, 4) is 45.9 Å². The molecule has 2 aromatic heterocycles. The molecular weight excluding hydrogens is 875 g/mol. The van der Waals surface area contributed by atoms with Crippen LogP contribution in [0.25, 0.3) is 22.9 Å². The lowest BCUT2D eigenvalue weighted by atomic mass is 9.99. The van der Waals surface area contributed by atoms with E-state index in [-0.39, 0.29) is 5.78 Å². The van der Waals surface area contributed by atoms with Gasteiger partial charge in [0.25, 0.3) is 0 Å². The number of aryl methyl sites for hydroxylation is 2. The number of hydrogen-bond donors (Lipinski definition) is 1. The molecule has 13 nitrogen and oxygen atoms in total. The van der Waals surface area contributed by atoms with Gasteiger partial charge in [0.2, 0.25) is 11.8 Å². The normalized spacial score (nSPS) is 11.2. The third-order valence-electron chi connectivity index (χ3n) is 11.3. The fourth-order valence-corrected chi connectivity index (χ4v) is 7.42. The number of carbonyl (C=O) groups is 3. The zero-order valence-electron chi connectivity index (χ0n) is 40.0. The quantitative estimate of drug-likeness (QED) is 0.0605. The predicted octanol–water partition coefficient (Wildman–Crippen LogP) is 12.7. The Morgan fingerprint density at radius 3 is 1.58 bits per heavy atom. The van der Waals surface area contributed by atoms with Crippen LogP contribution >= 0.6 is 0 Å². The number of amides is 1. The zero-order valence-corrected chi connectivity index (χ0v) is 40.0. The largest absolute Gasteiger partial charge is 0.497 e. The predicted molar refractivity (Wildman–Crippen MR) is 264 cm³/mol. The summed E-state index contributed by atoms with van der Waals surface area (Å²) in [5, 5.41) is 9.61. The molecule has 7 rings (SSSR count). The molecule has 0 saturated carbocycles. The third kappa shape index (κ3) is 15.2. The highest BCUT2D eigenvalue weighted by Gasteiger charge is 2.29. The van der Waals surface area contributed by atoms with Crippen molar-refractivity contribution in [2.45, 2.75) is 85.1 Å². The Bertz CT molecular complexity index is 2660. The Balaban J connectivity index is 0.000000249. The summed E-state index contributed by atoms with van der Waals surface area (Å²) < 4.78 is 34.1. The van der Waals surface area contributed by atoms with Gasteiger partial charge in [0, 0.05) is 36.0 Å². The van der Waals surface area contributed by atoms with E-state index in [9.17, 15) is 19.5 Å². The molecule has 1 atom stereocenters. The Morgan fingerprint density at radius 1 is 0.623 bits per heavy atom. The summed E-state index contributed by atoms with van der Waals surface area (Å²) in [6.07, 6.45) is 5.34. The van der Waals surface area contributed by atoms with Crippen LogP contribution in [-0.4, -0.2) is 64.7 Å². The van der Waals surface area contributed by atoms with Crippen molar-refractivity contribution in [3.63, 3.8) is 0 Å². The minimum absolute atomic E-state index is 0.190. The van der Waals surface area contributed by atoms with Gasteiger partial charge in [0.15, 0.2) is 5.78 Å². The Hall–Kier alpha value is -7.67. The van der Waals surface area contributed by atoms with E-state index in [4.69, 9.17) is 27.8 Å². The average molecular weight is 936 g/mol. The van der Waals surface area contributed by atoms with Crippen LogP contribution in [0.2, 0.25) is 0 Å². The molecule has 0 aliphatic rings. The lowest BCUT2D eigenvalue weighted by molar-refractivity contribution is -0.138. The number of carboxylic acid groups (broad SMARTS) is 1. The lowest BCUT2D eigenvalue weighted by Crippen LogP contribution is -2.40. The van der Waals surface area contributed by atoms with Gasteiger partial charge in [-0.25, -0.2) is 14.8 Å². The van der Waals surface area contributed by atoms with Crippen molar-refractivity contribution in [1.29, 1.82) is 0 Å². The number of aliphatic carboxylic acids is 1. The van der Waals surface area contributed by atoms with Gasteiger partial charge in [0.05, 0.1) is 37.8 Å². The fraction of sp³-hybridized carbons (Fsp3) is 0.304. The molecule has 0 spiro atoms. The summed E-state index contributed by atoms with van der Waals surface area (Å²) in [7, 11) is 1.55. The number of benzene rings is 5. The molecule has 0 saturated heterocycles. The summed E-state index contributed by atoms with van der Waals surface area (Å²) in [6, 6.07) is 40.4. The molecule has 0 fully saturated rings. The van der Waals surface area contributed by atoms with E-state index in [2.05, 4.69) is 16.9 Å². The Labute approximate surface area is 404 Å². The molecule has 0 aliphatic heterocycles. The van der Waals surface area contributed by atoms with Gasteiger partial charge in [0.1, 0.15) is 41.1 Å². The van der Waals surface area contributed by atoms with Gasteiger partial charge < -0.3 is 32.9 Å². The second kappa shape index (κ2) is 26.0. The molecule has 2 heterocycles. The van der Waals surface area contributed by atoms with E-state index < -0.39 is 24.6 Å². The first-order valence-electron chi connectivity index (χ1n) is 23.4. The topological polar surface area (TPSA) is 164 Å².